The van der Waals surface area contributed by atoms with E-state index in [4.69, 9.17) is 0 Å². The highest BCUT2D eigenvalue weighted by Gasteiger charge is 2.53. The maximum atomic E-state index is 2.74. The van der Waals surface area contributed by atoms with Crippen LogP contribution >= 0.6 is 0 Å². The minimum Gasteiger partial charge on any atom is -0.376 e. The predicted octanol–water partition coefficient (Wildman–Crippen LogP) is 10.3. The maximum Gasteiger partial charge on any atom is 0.328 e. The van der Waals surface area contributed by atoms with Crippen LogP contribution in [0.2, 0.25) is 0 Å². The second-order valence-electron chi connectivity index (χ2n) is 16.0. The van der Waals surface area contributed by atoms with Crippen LogP contribution in [0.25, 0.3) is 0 Å². The Morgan fingerprint density at radius 2 is 1.00 bits per heavy atom. The van der Waals surface area contributed by atoms with Gasteiger partial charge in [0.1, 0.15) is 0 Å². The Bertz CT molecular complexity index is 1990. The molecule has 1 unspecified atom stereocenters. The number of nitrogens with zero attached hydrogens (tertiary/aromatic N) is 1. The van der Waals surface area contributed by atoms with E-state index >= 15 is 0 Å². The van der Waals surface area contributed by atoms with Crippen LogP contribution in [0.3, 0.4) is 0 Å². The summed E-state index contributed by atoms with van der Waals surface area (Å²) < 4.78 is 0. The average molecular weight is 628 g/mol. The van der Waals surface area contributed by atoms with Gasteiger partial charge in [-0.1, -0.05) is 145 Å². The smallest absolute Gasteiger partial charge is 0.328 e. The van der Waals surface area contributed by atoms with E-state index < -0.39 is 0 Å². The largest absolute Gasteiger partial charge is 0.376 e. The Morgan fingerprint density at radius 1 is 0.500 bits per heavy atom. The fourth-order valence-corrected chi connectivity index (χ4v) is 9.75. The topological polar surface area (TPSA) is 3.24 Å². The van der Waals surface area contributed by atoms with Crippen LogP contribution in [0.4, 0.5) is 11.4 Å². The Kier molecular flexibility index (Phi) is 7.33. The first kappa shape index (κ1) is 31.2. The van der Waals surface area contributed by atoms with Crippen molar-refractivity contribution in [3.05, 3.63) is 153 Å². The van der Waals surface area contributed by atoms with E-state index in [0.717, 1.165) is 12.8 Å². The molecule has 2 heteroatoms. The van der Waals surface area contributed by atoms with Crippen LogP contribution in [-0.4, -0.2) is 6.85 Å². The SMILES string of the molecule is CCCCc1ccc2c(c1)C(C)(C)c1cc(CCCC)ccc1N2B1c2ccccc2C2(C)c3ccccc3C(C)(C)c3cccc1c32. The van der Waals surface area contributed by atoms with Gasteiger partial charge in [-0.3, -0.25) is 0 Å². The van der Waals surface area contributed by atoms with Gasteiger partial charge in [-0.05, 0) is 106 Å². The second-order valence-corrected chi connectivity index (χ2v) is 16.0. The Morgan fingerprint density at radius 3 is 1.60 bits per heavy atom. The number of benzene rings is 5. The summed E-state index contributed by atoms with van der Waals surface area (Å²) in [6, 6.07) is 40.7. The molecule has 8 rings (SSSR count). The van der Waals surface area contributed by atoms with Crippen LogP contribution in [0, 0.1) is 0 Å². The summed E-state index contributed by atoms with van der Waals surface area (Å²) in [5.74, 6) is 0. The van der Waals surface area contributed by atoms with Crippen LogP contribution in [0.1, 0.15) is 124 Å². The summed E-state index contributed by atoms with van der Waals surface area (Å²) in [4.78, 5) is 2.74. The quantitative estimate of drug-likeness (QED) is 0.162. The summed E-state index contributed by atoms with van der Waals surface area (Å²) in [6.07, 6.45) is 7.15. The van der Waals surface area contributed by atoms with Crippen molar-refractivity contribution in [1.29, 1.82) is 0 Å². The molecule has 5 aromatic carbocycles. The Labute approximate surface area is 289 Å². The zero-order chi connectivity index (χ0) is 33.4. The fraction of sp³-hybridized carbons (Fsp3) is 0.348. The van der Waals surface area contributed by atoms with Gasteiger partial charge in [0.25, 0.3) is 0 Å². The van der Waals surface area contributed by atoms with Crippen LogP contribution in [0.15, 0.2) is 103 Å². The third kappa shape index (κ3) is 4.30. The highest BCUT2D eigenvalue weighted by molar-refractivity contribution is 6.90. The number of aryl methyl sites for hydroxylation is 2. The van der Waals surface area contributed by atoms with Crippen molar-refractivity contribution < 1.29 is 0 Å². The van der Waals surface area contributed by atoms with Gasteiger partial charge in [0.15, 0.2) is 0 Å². The summed E-state index contributed by atoms with van der Waals surface area (Å²) in [5.41, 5.74) is 18.2. The minimum atomic E-state index is -0.236. The monoisotopic (exact) mass is 627 g/mol. The van der Waals surface area contributed by atoms with E-state index in [1.165, 1.54) is 98.1 Å². The highest BCUT2D eigenvalue weighted by atomic mass is 15.1. The summed E-state index contributed by atoms with van der Waals surface area (Å²) in [7, 11) is 0. The molecule has 0 spiro atoms. The van der Waals surface area contributed by atoms with Crippen LogP contribution < -0.4 is 15.7 Å². The first-order valence-electron chi connectivity index (χ1n) is 18.5. The number of hydrogen-bond donors (Lipinski definition) is 0. The molecule has 0 fully saturated rings. The zero-order valence-corrected chi connectivity index (χ0v) is 30.1. The maximum absolute atomic E-state index is 2.74. The molecule has 0 amide bonds. The van der Waals surface area contributed by atoms with Gasteiger partial charge in [0.2, 0.25) is 0 Å². The van der Waals surface area contributed by atoms with Gasteiger partial charge >= 0.3 is 6.85 Å². The van der Waals surface area contributed by atoms with Crippen molar-refractivity contribution in [3.63, 3.8) is 0 Å². The van der Waals surface area contributed by atoms with E-state index in [0.29, 0.717) is 0 Å². The van der Waals surface area contributed by atoms with Crippen molar-refractivity contribution in [1.82, 2.24) is 0 Å². The lowest BCUT2D eigenvalue weighted by Gasteiger charge is -2.53. The number of fused-ring (bicyclic) bond motifs is 6. The molecule has 1 nitrogen and oxygen atoms in total. The Hall–Kier alpha value is -4.04. The highest BCUT2D eigenvalue weighted by Crippen LogP contribution is 2.55. The first-order valence-corrected chi connectivity index (χ1v) is 18.5. The van der Waals surface area contributed by atoms with E-state index in [2.05, 4.69) is 156 Å². The molecule has 0 bridgehead atoms. The molecule has 0 saturated carbocycles. The van der Waals surface area contributed by atoms with E-state index in [9.17, 15) is 0 Å². The van der Waals surface area contributed by atoms with Gasteiger partial charge in [-0.25, -0.2) is 0 Å². The molecule has 2 heterocycles. The average Bonchev–Trinajstić information content (AvgIpc) is 3.10. The van der Waals surface area contributed by atoms with Gasteiger partial charge in [0, 0.05) is 27.6 Å². The van der Waals surface area contributed by atoms with Crippen LogP contribution in [-0.2, 0) is 29.1 Å². The lowest BCUT2D eigenvalue weighted by Crippen LogP contribution is -2.65. The van der Waals surface area contributed by atoms with Crippen molar-refractivity contribution >= 4 is 29.1 Å². The molecule has 1 atom stereocenters. The summed E-state index contributed by atoms with van der Waals surface area (Å²) in [5, 5.41) is 0. The fourth-order valence-electron chi connectivity index (χ4n) is 9.75. The van der Waals surface area contributed by atoms with Gasteiger partial charge in [0.05, 0.1) is 0 Å². The summed E-state index contributed by atoms with van der Waals surface area (Å²) >= 11 is 0. The number of hydrogen-bond acceptors (Lipinski definition) is 1. The van der Waals surface area contributed by atoms with Gasteiger partial charge < -0.3 is 4.81 Å². The molecule has 5 aromatic rings. The third-order valence-corrected chi connectivity index (χ3v) is 12.4. The van der Waals surface area contributed by atoms with Crippen molar-refractivity contribution in [2.24, 2.45) is 0 Å². The molecule has 0 aromatic heterocycles. The first-order chi connectivity index (χ1) is 23.1. The summed E-state index contributed by atoms with van der Waals surface area (Å²) in [6.45, 7) is 16.9. The molecule has 2 aliphatic heterocycles. The molecule has 242 valence electrons. The molecule has 0 saturated heterocycles. The number of rotatable bonds is 7. The van der Waals surface area contributed by atoms with Crippen molar-refractivity contribution in [3.8, 4) is 0 Å². The predicted molar refractivity (Wildman–Crippen MR) is 206 cm³/mol. The zero-order valence-electron chi connectivity index (χ0n) is 30.1. The normalized spacial score (nSPS) is 19.1. The van der Waals surface area contributed by atoms with Crippen molar-refractivity contribution in [2.45, 2.75) is 103 Å². The number of anilines is 2. The molecular formula is C46H50BN. The lowest BCUT2D eigenvalue weighted by atomic mass is 9.37. The van der Waals surface area contributed by atoms with E-state index in [1.54, 1.807) is 0 Å². The molecule has 48 heavy (non-hydrogen) atoms. The molecule has 0 N–H and O–H groups in total. The standard InChI is InChI=1S/C46H50BN/c1-8-10-17-31-25-27-41-37(29-31)45(5,6)38-30-32(18-11-9-2)26-28-42(38)48(41)47-39-23-15-14-21-35(39)46(7)34-20-13-12-19-33(34)44(3,4)36-22-16-24-40(47)43(36)46/h12-16,19-30H,8-11,17-18H2,1-7H3. The Balaban J connectivity index is 1.43. The van der Waals surface area contributed by atoms with Crippen molar-refractivity contribution in [2.75, 3.05) is 4.81 Å². The molecule has 3 aliphatic rings. The minimum absolute atomic E-state index is 0.0573. The lowest BCUT2D eigenvalue weighted by molar-refractivity contribution is 0.544. The van der Waals surface area contributed by atoms with Gasteiger partial charge in [-0.2, -0.15) is 0 Å². The number of unbranched alkanes of at least 4 members (excludes halogenated alkanes) is 2. The molecular weight excluding hydrogens is 577 g/mol. The van der Waals surface area contributed by atoms with Crippen LogP contribution in [0.5, 0.6) is 0 Å². The molecule has 1 aliphatic carbocycles. The second kappa shape index (κ2) is 11.3. The molecule has 0 radical (unpaired) electrons. The van der Waals surface area contributed by atoms with E-state index in [1.807, 2.05) is 0 Å². The third-order valence-electron chi connectivity index (χ3n) is 12.4. The van der Waals surface area contributed by atoms with Gasteiger partial charge in [-0.15, -0.1) is 0 Å². The van der Waals surface area contributed by atoms with E-state index in [-0.39, 0.29) is 23.1 Å².